The average molecular weight is 277 g/mol. The van der Waals surface area contributed by atoms with Crippen LogP contribution in [-0.2, 0) is 11.2 Å². The van der Waals surface area contributed by atoms with E-state index < -0.39 is 0 Å². The normalized spacial score (nSPS) is 22.1. The number of carbonyl (C=O) groups is 1. The first kappa shape index (κ1) is 14.9. The quantitative estimate of drug-likeness (QED) is 0.883. The number of carbonyl (C=O) groups excluding carboxylic acids is 1. The Morgan fingerprint density at radius 3 is 3.00 bits per heavy atom. The molecule has 0 bridgehead atoms. The molecule has 1 aliphatic carbocycles. The summed E-state index contributed by atoms with van der Waals surface area (Å²) in [5.41, 5.74) is 2.84. The summed E-state index contributed by atoms with van der Waals surface area (Å²) < 4.78 is 5.60. The van der Waals surface area contributed by atoms with Crippen molar-refractivity contribution < 1.29 is 14.6 Å². The molecule has 1 aliphatic heterocycles. The van der Waals surface area contributed by atoms with Crippen molar-refractivity contribution >= 4 is 5.91 Å². The molecule has 0 saturated heterocycles. The predicted octanol–water partition coefficient (Wildman–Crippen LogP) is 1.86. The molecule has 2 N–H and O–H groups in total. The number of rotatable bonds is 4. The van der Waals surface area contributed by atoms with E-state index >= 15 is 0 Å². The highest BCUT2D eigenvalue weighted by Crippen LogP contribution is 2.50. The van der Waals surface area contributed by atoms with Crippen molar-refractivity contribution in [3.63, 3.8) is 0 Å². The molecule has 1 saturated carbocycles. The summed E-state index contributed by atoms with van der Waals surface area (Å²) in [4.78, 5) is 11.2. The first-order chi connectivity index (χ1) is 9.79. The highest BCUT2D eigenvalue weighted by molar-refractivity contribution is 5.75. The van der Waals surface area contributed by atoms with Crippen molar-refractivity contribution in [3.05, 3.63) is 29.3 Å². The molecule has 0 radical (unpaired) electrons. The van der Waals surface area contributed by atoms with Crippen LogP contribution in [0.1, 0.15) is 36.8 Å². The average Bonchev–Trinajstić information content (AvgIpc) is 3.11. The molecule has 2 aliphatic rings. The summed E-state index contributed by atoms with van der Waals surface area (Å²) in [6.45, 7) is 3.53. The SMILES string of the molecule is CCC(=O)NC[C@@H]1C[C@H]1c1cccc2c1CCO2.CO. The van der Waals surface area contributed by atoms with Gasteiger partial charge in [-0.1, -0.05) is 19.1 Å². The Labute approximate surface area is 120 Å². The van der Waals surface area contributed by atoms with Crippen LogP contribution in [0.15, 0.2) is 18.2 Å². The molecule has 1 amide bonds. The third-order valence-electron chi connectivity index (χ3n) is 3.98. The van der Waals surface area contributed by atoms with Crippen LogP contribution in [0.5, 0.6) is 5.75 Å². The summed E-state index contributed by atoms with van der Waals surface area (Å²) >= 11 is 0. The van der Waals surface area contributed by atoms with E-state index in [1.54, 1.807) is 0 Å². The Balaban J connectivity index is 0.000000704. The van der Waals surface area contributed by atoms with Gasteiger partial charge in [0.05, 0.1) is 6.61 Å². The maximum atomic E-state index is 11.2. The number of nitrogens with one attached hydrogen (secondary N) is 1. The molecule has 1 aromatic carbocycles. The highest BCUT2D eigenvalue weighted by Gasteiger charge is 2.40. The smallest absolute Gasteiger partial charge is 0.219 e. The zero-order chi connectivity index (χ0) is 14.5. The van der Waals surface area contributed by atoms with Gasteiger partial charge in [-0.25, -0.2) is 0 Å². The predicted molar refractivity (Wildman–Crippen MR) is 77.9 cm³/mol. The van der Waals surface area contributed by atoms with Gasteiger partial charge in [0.2, 0.25) is 5.91 Å². The van der Waals surface area contributed by atoms with E-state index in [0.29, 0.717) is 18.3 Å². The van der Waals surface area contributed by atoms with Gasteiger partial charge < -0.3 is 15.2 Å². The second kappa shape index (κ2) is 6.75. The number of aliphatic hydroxyl groups excluding tert-OH is 1. The zero-order valence-electron chi connectivity index (χ0n) is 12.2. The summed E-state index contributed by atoms with van der Waals surface area (Å²) in [7, 11) is 1.00. The first-order valence-corrected chi connectivity index (χ1v) is 7.25. The molecule has 0 unspecified atom stereocenters. The Hall–Kier alpha value is -1.55. The second-order valence-corrected chi connectivity index (χ2v) is 5.18. The van der Waals surface area contributed by atoms with E-state index in [2.05, 4.69) is 23.5 Å². The summed E-state index contributed by atoms with van der Waals surface area (Å²) in [6, 6.07) is 6.36. The highest BCUT2D eigenvalue weighted by atomic mass is 16.5. The lowest BCUT2D eigenvalue weighted by atomic mass is 10.00. The first-order valence-electron chi connectivity index (χ1n) is 7.25. The Morgan fingerprint density at radius 2 is 2.25 bits per heavy atom. The Kier molecular flexibility index (Phi) is 5.01. The lowest BCUT2D eigenvalue weighted by Gasteiger charge is -2.07. The minimum atomic E-state index is 0.155. The van der Waals surface area contributed by atoms with Crippen LogP contribution in [-0.4, -0.2) is 31.3 Å². The number of hydrogen-bond donors (Lipinski definition) is 2. The molecule has 2 atom stereocenters. The molecule has 20 heavy (non-hydrogen) atoms. The summed E-state index contributed by atoms with van der Waals surface area (Å²) in [5, 5.41) is 9.99. The zero-order valence-corrected chi connectivity index (χ0v) is 12.2. The van der Waals surface area contributed by atoms with Crippen LogP contribution in [0.4, 0.5) is 0 Å². The third-order valence-corrected chi connectivity index (χ3v) is 3.98. The van der Waals surface area contributed by atoms with Gasteiger partial charge in [0.25, 0.3) is 0 Å². The molecular weight excluding hydrogens is 254 g/mol. The van der Waals surface area contributed by atoms with Gasteiger partial charge in [-0.05, 0) is 29.9 Å². The van der Waals surface area contributed by atoms with Gasteiger partial charge >= 0.3 is 0 Å². The van der Waals surface area contributed by atoms with Crippen molar-refractivity contribution in [1.82, 2.24) is 5.32 Å². The molecule has 4 nitrogen and oxygen atoms in total. The van der Waals surface area contributed by atoms with Gasteiger partial charge in [0, 0.05) is 32.1 Å². The third kappa shape index (κ3) is 3.12. The maximum Gasteiger partial charge on any atom is 0.219 e. The molecule has 0 spiro atoms. The molecule has 0 aromatic heterocycles. The van der Waals surface area contributed by atoms with Crippen molar-refractivity contribution in [1.29, 1.82) is 0 Å². The molecule has 1 heterocycles. The van der Waals surface area contributed by atoms with Crippen LogP contribution in [0.25, 0.3) is 0 Å². The maximum absolute atomic E-state index is 11.2. The topological polar surface area (TPSA) is 58.6 Å². The molecule has 110 valence electrons. The minimum absolute atomic E-state index is 0.155. The van der Waals surface area contributed by atoms with Gasteiger partial charge in [-0.2, -0.15) is 0 Å². The van der Waals surface area contributed by atoms with E-state index in [9.17, 15) is 4.79 Å². The fraction of sp³-hybridized carbons (Fsp3) is 0.562. The van der Waals surface area contributed by atoms with Crippen molar-refractivity contribution in [3.8, 4) is 5.75 Å². The molecule has 4 heteroatoms. The lowest BCUT2D eigenvalue weighted by molar-refractivity contribution is -0.120. The summed E-state index contributed by atoms with van der Waals surface area (Å²) in [5.74, 6) is 2.46. The van der Waals surface area contributed by atoms with Crippen LogP contribution >= 0.6 is 0 Å². The van der Waals surface area contributed by atoms with Gasteiger partial charge in [-0.15, -0.1) is 0 Å². The molecule has 1 fully saturated rings. The molecular formula is C16H23NO3. The van der Waals surface area contributed by atoms with Crippen molar-refractivity contribution in [2.75, 3.05) is 20.3 Å². The standard InChI is InChI=1S/C15H19NO2.CH4O/c1-2-15(17)16-9-10-8-13(10)11-4-3-5-14-12(11)6-7-18-14;1-2/h3-5,10,13H,2,6-9H2,1H3,(H,16,17);2H,1H3/t10-,13+;/m0./s1. The van der Waals surface area contributed by atoms with Crippen LogP contribution in [0.3, 0.4) is 0 Å². The number of aliphatic hydroxyl groups is 1. The Bertz CT molecular complexity index is 473. The van der Waals surface area contributed by atoms with E-state index in [-0.39, 0.29) is 5.91 Å². The number of fused-ring (bicyclic) bond motifs is 1. The fourth-order valence-electron chi connectivity index (χ4n) is 2.82. The van der Waals surface area contributed by atoms with Crippen molar-refractivity contribution in [2.24, 2.45) is 5.92 Å². The molecule has 3 rings (SSSR count). The van der Waals surface area contributed by atoms with Crippen molar-refractivity contribution in [2.45, 2.75) is 32.1 Å². The number of ether oxygens (including phenoxy) is 1. The van der Waals surface area contributed by atoms with Gasteiger partial charge in [0.1, 0.15) is 5.75 Å². The monoisotopic (exact) mass is 277 g/mol. The minimum Gasteiger partial charge on any atom is -0.493 e. The van der Waals surface area contributed by atoms with Crippen LogP contribution in [0.2, 0.25) is 0 Å². The van der Waals surface area contributed by atoms with E-state index in [1.165, 1.54) is 17.5 Å². The molecule has 1 aromatic rings. The largest absolute Gasteiger partial charge is 0.493 e. The number of amides is 1. The fourth-order valence-corrected chi connectivity index (χ4v) is 2.82. The summed E-state index contributed by atoms with van der Waals surface area (Å²) in [6.07, 6.45) is 2.81. The number of hydrogen-bond acceptors (Lipinski definition) is 3. The Morgan fingerprint density at radius 1 is 1.45 bits per heavy atom. The van der Waals surface area contributed by atoms with Crippen LogP contribution in [0, 0.1) is 5.92 Å². The van der Waals surface area contributed by atoms with E-state index in [0.717, 1.165) is 32.4 Å². The van der Waals surface area contributed by atoms with Crippen LogP contribution < -0.4 is 10.1 Å². The number of benzene rings is 1. The lowest BCUT2D eigenvalue weighted by Crippen LogP contribution is -2.24. The van der Waals surface area contributed by atoms with E-state index in [1.807, 2.05) is 6.92 Å². The van der Waals surface area contributed by atoms with Gasteiger partial charge in [0.15, 0.2) is 0 Å². The van der Waals surface area contributed by atoms with E-state index in [4.69, 9.17) is 9.84 Å². The second-order valence-electron chi connectivity index (χ2n) is 5.18. The van der Waals surface area contributed by atoms with Gasteiger partial charge in [-0.3, -0.25) is 4.79 Å².